The molecule has 1 N–H and O–H groups in total. The Kier molecular flexibility index (Phi) is 2.99. The summed E-state index contributed by atoms with van der Waals surface area (Å²) in [6.45, 7) is 4.61. The molecule has 0 bridgehead atoms. The number of ether oxygens (including phenoxy) is 2. The fourth-order valence-electron chi connectivity index (χ4n) is 1.72. The van der Waals surface area contributed by atoms with Crippen LogP contribution in [0.25, 0.3) is 0 Å². The van der Waals surface area contributed by atoms with Crippen molar-refractivity contribution in [2.75, 3.05) is 18.5 Å². The summed E-state index contributed by atoms with van der Waals surface area (Å²) in [5.74, 6) is 0.395. The number of aryl methyl sites for hydroxylation is 1. The van der Waals surface area contributed by atoms with Gasteiger partial charge in [0.05, 0.1) is 18.8 Å². The number of hydrogen-bond acceptors (Lipinski definition) is 4. The average molecular weight is 221 g/mol. The Morgan fingerprint density at radius 3 is 3.19 bits per heavy atom. The van der Waals surface area contributed by atoms with E-state index in [9.17, 15) is 4.79 Å². The molecule has 16 heavy (non-hydrogen) atoms. The first-order valence-corrected chi connectivity index (χ1v) is 5.39. The Balaban J connectivity index is 2.15. The maximum absolute atomic E-state index is 11.5. The highest BCUT2D eigenvalue weighted by Gasteiger charge is 2.27. The summed E-state index contributed by atoms with van der Waals surface area (Å²) in [7, 11) is 0. The van der Waals surface area contributed by atoms with E-state index in [1.165, 1.54) is 0 Å². The molecule has 1 unspecified atom stereocenters. The third-order valence-corrected chi connectivity index (χ3v) is 2.52. The van der Waals surface area contributed by atoms with E-state index in [-0.39, 0.29) is 5.97 Å². The number of rotatable bonds is 2. The van der Waals surface area contributed by atoms with Crippen LogP contribution in [-0.2, 0) is 9.53 Å². The van der Waals surface area contributed by atoms with Crippen molar-refractivity contribution in [2.24, 2.45) is 0 Å². The zero-order chi connectivity index (χ0) is 11.5. The van der Waals surface area contributed by atoms with E-state index in [0.29, 0.717) is 18.9 Å². The topological polar surface area (TPSA) is 47.6 Å². The first-order valence-electron chi connectivity index (χ1n) is 5.39. The van der Waals surface area contributed by atoms with E-state index in [2.05, 4.69) is 5.32 Å². The van der Waals surface area contributed by atoms with E-state index < -0.39 is 6.10 Å². The largest absolute Gasteiger partial charge is 0.475 e. The minimum Gasteiger partial charge on any atom is -0.475 e. The SMILES string of the molecule is CCOC(=O)C1CNc2c(C)cccc2O1. The molecule has 0 spiro atoms. The van der Waals surface area contributed by atoms with Crippen molar-refractivity contribution >= 4 is 11.7 Å². The molecular formula is C12H15NO3. The Hall–Kier alpha value is -1.71. The zero-order valence-corrected chi connectivity index (χ0v) is 9.45. The van der Waals surface area contributed by atoms with Crippen LogP contribution < -0.4 is 10.1 Å². The van der Waals surface area contributed by atoms with Gasteiger partial charge in [0.15, 0.2) is 0 Å². The quantitative estimate of drug-likeness (QED) is 0.773. The second-order valence-corrected chi connectivity index (χ2v) is 3.69. The fourth-order valence-corrected chi connectivity index (χ4v) is 1.72. The Labute approximate surface area is 94.6 Å². The molecule has 1 aromatic rings. The van der Waals surface area contributed by atoms with Crippen molar-refractivity contribution in [2.45, 2.75) is 20.0 Å². The van der Waals surface area contributed by atoms with Gasteiger partial charge in [0.1, 0.15) is 5.75 Å². The minimum atomic E-state index is -0.547. The predicted octanol–water partition coefficient (Wildman–Crippen LogP) is 1.73. The monoisotopic (exact) mass is 221 g/mol. The van der Waals surface area contributed by atoms with Gasteiger partial charge in [-0.1, -0.05) is 12.1 Å². The normalized spacial score (nSPS) is 18.0. The van der Waals surface area contributed by atoms with Gasteiger partial charge in [-0.05, 0) is 25.5 Å². The van der Waals surface area contributed by atoms with Gasteiger partial charge in [0.25, 0.3) is 0 Å². The van der Waals surface area contributed by atoms with Crippen LogP contribution in [0.2, 0.25) is 0 Å². The first kappa shape index (κ1) is 10.8. The maximum Gasteiger partial charge on any atom is 0.349 e. The molecule has 0 amide bonds. The molecule has 2 rings (SSSR count). The van der Waals surface area contributed by atoms with Gasteiger partial charge in [-0.2, -0.15) is 0 Å². The van der Waals surface area contributed by atoms with E-state index >= 15 is 0 Å². The van der Waals surface area contributed by atoms with Crippen LogP contribution in [0, 0.1) is 6.92 Å². The molecule has 0 aromatic heterocycles. The lowest BCUT2D eigenvalue weighted by Crippen LogP contribution is -2.39. The number of anilines is 1. The van der Waals surface area contributed by atoms with Crippen molar-refractivity contribution in [1.82, 2.24) is 0 Å². The third-order valence-electron chi connectivity index (χ3n) is 2.52. The van der Waals surface area contributed by atoms with E-state index in [1.54, 1.807) is 6.92 Å². The molecule has 86 valence electrons. The fraction of sp³-hybridized carbons (Fsp3) is 0.417. The highest BCUT2D eigenvalue weighted by atomic mass is 16.6. The summed E-state index contributed by atoms with van der Waals surface area (Å²) < 4.78 is 10.5. The van der Waals surface area contributed by atoms with Crippen LogP contribution in [-0.4, -0.2) is 25.2 Å². The van der Waals surface area contributed by atoms with Crippen LogP contribution in [0.1, 0.15) is 12.5 Å². The van der Waals surface area contributed by atoms with E-state index in [1.807, 2.05) is 25.1 Å². The number of para-hydroxylation sites is 1. The van der Waals surface area contributed by atoms with Crippen LogP contribution in [0.15, 0.2) is 18.2 Å². The number of carbonyl (C=O) groups is 1. The van der Waals surface area contributed by atoms with Crippen molar-refractivity contribution < 1.29 is 14.3 Å². The lowest BCUT2D eigenvalue weighted by molar-refractivity contribution is -0.150. The second kappa shape index (κ2) is 4.43. The molecule has 0 saturated heterocycles. The molecule has 0 fully saturated rings. The Bertz CT molecular complexity index is 403. The minimum absolute atomic E-state index is 0.317. The van der Waals surface area contributed by atoms with Crippen LogP contribution >= 0.6 is 0 Å². The molecule has 0 aliphatic carbocycles. The Morgan fingerprint density at radius 1 is 1.62 bits per heavy atom. The third kappa shape index (κ3) is 1.96. The lowest BCUT2D eigenvalue weighted by atomic mass is 10.1. The van der Waals surface area contributed by atoms with Gasteiger partial charge < -0.3 is 14.8 Å². The van der Waals surface area contributed by atoms with Gasteiger partial charge >= 0.3 is 5.97 Å². The summed E-state index contributed by atoms with van der Waals surface area (Å²) in [4.78, 5) is 11.5. The van der Waals surface area contributed by atoms with Gasteiger partial charge in [-0.15, -0.1) is 0 Å². The molecular weight excluding hydrogens is 206 g/mol. The summed E-state index contributed by atoms with van der Waals surface area (Å²) in [5, 5.41) is 3.19. The summed E-state index contributed by atoms with van der Waals surface area (Å²) in [5.41, 5.74) is 2.07. The molecule has 0 saturated carbocycles. The summed E-state index contributed by atoms with van der Waals surface area (Å²) in [6.07, 6.45) is -0.547. The van der Waals surface area contributed by atoms with Crippen molar-refractivity contribution in [3.05, 3.63) is 23.8 Å². The number of benzene rings is 1. The lowest BCUT2D eigenvalue weighted by Gasteiger charge is -2.26. The number of hydrogen-bond donors (Lipinski definition) is 1. The molecule has 1 aromatic carbocycles. The molecule has 0 radical (unpaired) electrons. The molecule has 1 heterocycles. The zero-order valence-electron chi connectivity index (χ0n) is 9.45. The predicted molar refractivity (Wildman–Crippen MR) is 60.7 cm³/mol. The number of nitrogens with one attached hydrogen (secondary N) is 1. The standard InChI is InChI=1S/C12H15NO3/c1-3-15-12(14)10-7-13-11-8(2)5-4-6-9(11)16-10/h4-6,10,13H,3,7H2,1-2H3. The first-order chi connectivity index (χ1) is 7.72. The number of fused-ring (bicyclic) bond motifs is 1. The van der Waals surface area contributed by atoms with E-state index in [0.717, 1.165) is 11.3 Å². The maximum atomic E-state index is 11.5. The number of carbonyl (C=O) groups excluding carboxylic acids is 1. The van der Waals surface area contributed by atoms with Crippen LogP contribution in [0.5, 0.6) is 5.75 Å². The van der Waals surface area contributed by atoms with Crippen molar-refractivity contribution in [1.29, 1.82) is 0 Å². The van der Waals surface area contributed by atoms with Crippen molar-refractivity contribution in [3.63, 3.8) is 0 Å². The number of esters is 1. The van der Waals surface area contributed by atoms with Crippen molar-refractivity contribution in [3.8, 4) is 5.75 Å². The molecule has 4 nitrogen and oxygen atoms in total. The van der Waals surface area contributed by atoms with Gasteiger partial charge in [0, 0.05) is 0 Å². The van der Waals surface area contributed by atoms with Crippen LogP contribution in [0.4, 0.5) is 5.69 Å². The molecule has 4 heteroatoms. The Morgan fingerprint density at radius 2 is 2.44 bits per heavy atom. The molecule has 1 aliphatic heterocycles. The molecule has 1 atom stereocenters. The van der Waals surface area contributed by atoms with E-state index in [4.69, 9.17) is 9.47 Å². The van der Waals surface area contributed by atoms with Crippen LogP contribution in [0.3, 0.4) is 0 Å². The summed E-state index contributed by atoms with van der Waals surface area (Å²) >= 11 is 0. The van der Waals surface area contributed by atoms with Gasteiger partial charge in [0.2, 0.25) is 6.10 Å². The second-order valence-electron chi connectivity index (χ2n) is 3.69. The average Bonchev–Trinajstić information content (AvgIpc) is 2.29. The smallest absolute Gasteiger partial charge is 0.349 e. The van der Waals surface area contributed by atoms with Gasteiger partial charge in [-0.3, -0.25) is 0 Å². The highest BCUT2D eigenvalue weighted by Crippen LogP contribution is 2.31. The highest BCUT2D eigenvalue weighted by molar-refractivity contribution is 5.78. The van der Waals surface area contributed by atoms with Gasteiger partial charge in [-0.25, -0.2) is 4.79 Å². The molecule has 1 aliphatic rings. The summed E-state index contributed by atoms with van der Waals surface area (Å²) in [6, 6.07) is 5.75.